The number of amides is 1. The summed E-state index contributed by atoms with van der Waals surface area (Å²) >= 11 is 3.58. The van der Waals surface area contributed by atoms with Crippen LogP contribution in [0.4, 0.5) is 11.4 Å². The van der Waals surface area contributed by atoms with Crippen LogP contribution in [0.15, 0.2) is 46.9 Å². The molecule has 2 aromatic rings. The molecule has 3 aliphatic heterocycles. The molecule has 3 aliphatic rings. The number of anilines is 2. The van der Waals surface area contributed by atoms with Crippen LogP contribution < -0.4 is 16.0 Å². The van der Waals surface area contributed by atoms with Crippen molar-refractivity contribution >= 4 is 33.2 Å². The lowest BCUT2D eigenvalue weighted by atomic mass is 9.77. The molecule has 128 valence electrons. The lowest BCUT2D eigenvalue weighted by Crippen LogP contribution is -2.60. The molecule has 3 N–H and O–H groups in total. The second kappa shape index (κ2) is 5.32. The van der Waals surface area contributed by atoms with Crippen LogP contribution in [0, 0.1) is 0 Å². The van der Waals surface area contributed by atoms with Crippen molar-refractivity contribution in [1.29, 1.82) is 0 Å². The van der Waals surface area contributed by atoms with Gasteiger partial charge in [-0.2, -0.15) is 0 Å². The first-order chi connectivity index (χ1) is 12.1. The third kappa shape index (κ3) is 2.06. The summed E-state index contributed by atoms with van der Waals surface area (Å²) in [5.41, 5.74) is 3.68. The zero-order valence-corrected chi connectivity index (χ0v) is 15.6. The van der Waals surface area contributed by atoms with Gasteiger partial charge in [-0.3, -0.25) is 10.1 Å². The Morgan fingerprint density at radius 2 is 1.96 bits per heavy atom. The number of fused-ring (bicyclic) bond motifs is 6. The summed E-state index contributed by atoms with van der Waals surface area (Å²) in [5, 5.41) is 10.5. The van der Waals surface area contributed by atoms with E-state index in [0.717, 1.165) is 34.3 Å². The fourth-order valence-electron chi connectivity index (χ4n) is 4.86. The molecule has 4 unspecified atom stereocenters. The Hall–Kier alpha value is -1.85. The zero-order chi connectivity index (χ0) is 17.2. The Kier molecular flexibility index (Phi) is 3.28. The van der Waals surface area contributed by atoms with E-state index in [2.05, 4.69) is 69.1 Å². The van der Waals surface area contributed by atoms with Gasteiger partial charge < -0.3 is 10.6 Å². The molecule has 1 saturated heterocycles. The molecule has 0 bridgehead atoms. The molecule has 5 rings (SSSR count). The molecule has 3 heterocycles. The van der Waals surface area contributed by atoms with Crippen molar-refractivity contribution in [1.82, 2.24) is 5.32 Å². The number of halogens is 1. The monoisotopic (exact) mass is 397 g/mol. The van der Waals surface area contributed by atoms with Gasteiger partial charge in [-0.15, -0.1) is 0 Å². The third-order valence-electron chi connectivity index (χ3n) is 5.94. The Morgan fingerprint density at radius 3 is 2.84 bits per heavy atom. The van der Waals surface area contributed by atoms with Gasteiger partial charge in [0.05, 0.1) is 6.04 Å². The van der Waals surface area contributed by atoms with Crippen molar-refractivity contribution in [3.8, 4) is 0 Å². The molecule has 0 aliphatic carbocycles. The molecule has 1 spiro atoms. The van der Waals surface area contributed by atoms with Crippen LogP contribution in [0.25, 0.3) is 0 Å². The van der Waals surface area contributed by atoms with E-state index in [4.69, 9.17) is 0 Å². The predicted octanol–water partition coefficient (Wildman–Crippen LogP) is 3.95. The fraction of sp³-hybridized carbons (Fsp3) is 0.350. The highest BCUT2D eigenvalue weighted by atomic mass is 79.9. The number of para-hydroxylation sites is 1. The van der Waals surface area contributed by atoms with Crippen LogP contribution in [-0.2, 0) is 10.3 Å². The lowest BCUT2D eigenvalue weighted by molar-refractivity contribution is -0.122. The van der Waals surface area contributed by atoms with Crippen LogP contribution in [0.2, 0.25) is 0 Å². The van der Waals surface area contributed by atoms with Gasteiger partial charge in [0.1, 0.15) is 5.54 Å². The van der Waals surface area contributed by atoms with E-state index in [1.54, 1.807) is 0 Å². The normalized spacial score (nSPS) is 32.4. The summed E-state index contributed by atoms with van der Waals surface area (Å²) in [6.45, 7) is 2.18. The Labute approximate surface area is 155 Å². The first-order valence-corrected chi connectivity index (χ1v) is 9.63. The van der Waals surface area contributed by atoms with Gasteiger partial charge >= 0.3 is 0 Å². The van der Waals surface area contributed by atoms with Gasteiger partial charge in [0, 0.05) is 33.4 Å². The second-order valence-corrected chi connectivity index (χ2v) is 8.31. The molecule has 1 amide bonds. The van der Waals surface area contributed by atoms with Crippen molar-refractivity contribution < 1.29 is 4.79 Å². The minimum atomic E-state index is -0.751. The van der Waals surface area contributed by atoms with Crippen molar-refractivity contribution in [2.45, 2.75) is 43.3 Å². The zero-order valence-electron chi connectivity index (χ0n) is 14.0. The van der Waals surface area contributed by atoms with Crippen molar-refractivity contribution in [2.24, 2.45) is 0 Å². The first-order valence-electron chi connectivity index (χ1n) is 8.84. The smallest absolute Gasteiger partial charge is 0.251 e. The van der Waals surface area contributed by atoms with Gasteiger partial charge in [-0.25, -0.2) is 0 Å². The van der Waals surface area contributed by atoms with E-state index >= 15 is 0 Å². The highest BCUT2D eigenvalue weighted by molar-refractivity contribution is 9.10. The number of carbonyl (C=O) groups is 1. The minimum absolute atomic E-state index is 0.00500. The lowest BCUT2D eigenvalue weighted by Gasteiger charge is -2.37. The SMILES string of the molecule is CC1CCC2c3ccccc3NC2C2(N1)C(=O)Nc1ccc(Br)cc12. The van der Waals surface area contributed by atoms with Crippen LogP contribution in [0.3, 0.4) is 0 Å². The van der Waals surface area contributed by atoms with Gasteiger partial charge in [-0.1, -0.05) is 34.1 Å². The molecule has 1 fully saturated rings. The first kappa shape index (κ1) is 15.4. The van der Waals surface area contributed by atoms with Crippen LogP contribution in [0.1, 0.15) is 36.8 Å². The summed E-state index contributed by atoms with van der Waals surface area (Å²) in [6.07, 6.45) is 2.12. The molecule has 2 aromatic carbocycles. The summed E-state index contributed by atoms with van der Waals surface area (Å²) in [6, 6.07) is 14.8. The Bertz CT molecular complexity index is 883. The molecule has 0 radical (unpaired) electrons. The van der Waals surface area contributed by atoms with Crippen LogP contribution in [0.5, 0.6) is 0 Å². The molecular formula is C20H20BrN3O. The molecule has 0 saturated carbocycles. The van der Waals surface area contributed by atoms with Crippen molar-refractivity contribution in [3.63, 3.8) is 0 Å². The van der Waals surface area contributed by atoms with E-state index in [1.165, 1.54) is 5.56 Å². The van der Waals surface area contributed by atoms with E-state index in [-0.39, 0.29) is 18.0 Å². The minimum Gasteiger partial charge on any atom is -0.379 e. The van der Waals surface area contributed by atoms with E-state index in [9.17, 15) is 4.79 Å². The van der Waals surface area contributed by atoms with Crippen molar-refractivity contribution in [3.05, 3.63) is 58.1 Å². The maximum Gasteiger partial charge on any atom is 0.251 e. The molecule has 4 nitrogen and oxygen atoms in total. The molecule has 25 heavy (non-hydrogen) atoms. The van der Waals surface area contributed by atoms with Crippen molar-refractivity contribution in [2.75, 3.05) is 10.6 Å². The standard InChI is InChI=1S/C20H20BrN3O/c1-11-6-8-14-13-4-2-3-5-16(13)22-18(14)20(24-11)15-10-12(21)7-9-17(15)23-19(20)25/h2-5,7,9-11,14,18,22,24H,6,8H2,1H3,(H,23,25). The molecule has 5 heteroatoms. The highest BCUT2D eigenvalue weighted by Gasteiger charge is 2.58. The van der Waals surface area contributed by atoms with Gasteiger partial charge in [-0.05, 0) is 49.6 Å². The number of rotatable bonds is 0. The third-order valence-corrected chi connectivity index (χ3v) is 6.43. The van der Waals surface area contributed by atoms with E-state index < -0.39 is 5.54 Å². The number of hydrogen-bond donors (Lipinski definition) is 3. The summed E-state index contributed by atoms with van der Waals surface area (Å²) in [4.78, 5) is 13.3. The van der Waals surface area contributed by atoms with E-state index in [1.807, 2.05) is 12.1 Å². The molecule has 4 atom stereocenters. The number of carbonyl (C=O) groups excluding carboxylic acids is 1. The number of benzene rings is 2. The average Bonchev–Trinajstić information content (AvgIpc) is 3.04. The van der Waals surface area contributed by atoms with Gasteiger partial charge in [0.15, 0.2) is 0 Å². The largest absolute Gasteiger partial charge is 0.379 e. The summed E-state index contributed by atoms with van der Waals surface area (Å²) < 4.78 is 0.993. The van der Waals surface area contributed by atoms with Crippen LogP contribution >= 0.6 is 15.9 Å². The Morgan fingerprint density at radius 1 is 1.12 bits per heavy atom. The maximum absolute atomic E-state index is 13.3. The van der Waals surface area contributed by atoms with E-state index in [0.29, 0.717) is 5.92 Å². The predicted molar refractivity (Wildman–Crippen MR) is 103 cm³/mol. The number of hydrogen-bond acceptors (Lipinski definition) is 3. The second-order valence-electron chi connectivity index (χ2n) is 7.39. The maximum atomic E-state index is 13.3. The summed E-state index contributed by atoms with van der Waals surface area (Å²) in [5.74, 6) is 0.369. The molecular weight excluding hydrogens is 378 g/mol. The van der Waals surface area contributed by atoms with Gasteiger partial charge in [0.25, 0.3) is 5.91 Å². The molecule has 0 aromatic heterocycles. The van der Waals surface area contributed by atoms with Gasteiger partial charge in [0.2, 0.25) is 0 Å². The van der Waals surface area contributed by atoms with Crippen LogP contribution in [-0.4, -0.2) is 18.0 Å². The summed E-state index contributed by atoms with van der Waals surface area (Å²) in [7, 11) is 0. The Balaban J connectivity index is 1.73. The average molecular weight is 398 g/mol. The topological polar surface area (TPSA) is 53.2 Å². The highest BCUT2D eigenvalue weighted by Crippen LogP contribution is 2.51. The fourth-order valence-corrected chi connectivity index (χ4v) is 5.22. The number of nitrogens with one attached hydrogen (secondary N) is 3. The quantitative estimate of drug-likeness (QED) is 0.630.